The van der Waals surface area contributed by atoms with E-state index in [0.717, 1.165) is 18.5 Å². The Hall–Kier alpha value is -2.38. The van der Waals surface area contributed by atoms with Crippen LogP contribution >= 0.6 is 11.6 Å². The van der Waals surface area contributed by atoms with E-state index in [9.17, 15) is 4.79 Å². The van der Waals surface area contributed by atoms with E-state index in [4.69, 9.17) is 11.6 Å². The van der Waals surface area contributed by atoms with Gasteiger partial charge in [-0.15, -0.1) is 0 Å². The molecule has 0 fully saturated rings. The predicted molar refractivity (Wildman–Crippen MR) is 89.8 cm³/mol. The number of H-pyrrole nitrogens is 1. The molecule has 3 rings (SSSR count). The molecular formula is C15H17ClN6O. The first-order valence-corrected chi connectivity index (χ1v) is 7.54. The minimum absolute atomic E-state index is 0.304. The van der Waals surface area contributed by atoms with Crippen molar-refractivity contribution in [3.05, 3.63) is 41.2 Å². The summed E-state index contributed by atoms with van der Waals surface area (Å²) in [7, 11) is 3.98. The number of rotatable bonds is 5. The van der Waals surface area contributed by atoms with Crippen molar-refractivity contribution in [2.45, 2.75) is 6.54 Å². The Morgan fingerprint density at radius 3 is 3.00 bits per heavy atom. The molecule has 0 saturated heterocycles. The Bertz CT molecular complexity index is 837. The van der Waals surface area contributed by atoms with Gasteiger partial charge in [0.15, 0.2) is 11.5 Å². The Kier molecular flexibility index (Phi) is 4.31. The molecule has 0 aliphatic rings. The van der Waals surface area contributed by atoms with E-state index in [1.54, 1.807) is 23.0 Å². The molecule has 120 valence electrons. The summed E-state index contributed by atoms with van der Waals surface area (Å²) in [6.07, 6.45) is 1.79. The number of likely N-dealkylation sites (N-methyl/N-ethyl adjacent to an activating group) is 1. The van der Waals surface area contributed by atoms with Crippen LogP contribution in [0.3, 0.4) is 0 Å². The number of nitrogens with one attached hydrogen (secondary N) is 2. The molecule has 1 aromatic carbocycles. The van der Waals surface area contributed by atoms with Crippen molar-refractivity contribution in [1.82, 2.24) is 24.9 Å². The highest BCUT2D eigenvalue weighted by Gasteiger charge is 2.14. The summed E-state index contributed by atoms with van der Waals surface area (Å²) < 4.78 is 1.74. The van der Waals surface area contributed by atoms with Crippen molar-refractivity contribution in [3.8, 4) is 0 Å². The third-order valence-electron chi connectivity index (χ3n) is 3.43. The van der Waals surface area contributed by atoms with Crippen molar-refractivity contribution in [2.24, 2.45) is 0 Å². The molecule has 0 atom stereocenters. The normalized spacial score (nSPS) is 11.3. The fourth-order valence-corrected chi connectivity index (χ4v) is 2.40. The Morgan fingerprint density at radius 1 is 1.39 bits per heavy atom. The second kappa shape index (κ2) is 6.39. The predicted octanol–water partition coefficient (Wildman–Crippen LogP) is 2.23. The summed E-state index contributed by atoms with van der Waals surface area (Å²) in [5.41, 5.74) is 1.04. The summed E-state index contributed by atoms with van der Waals surface area (Å²) in [6, 6.07) is 7.11. The van der Waals surface area contributed by atoms with Crippen LogP contribution in [0.4, 0.5) is 5.82 Å². The second-order valence-corrected chi connectivity index (χ2v) is 5.86. The Balaban J connectivity index is 1.75. The molecule has 0 unspecified atom stereocenters. The molecule has 2 N–H and O–H groups in total. The van der Waals surface area contributed by atoms with E-state index < -0.39 is 0 Å². The zero-order valence-electron chi connectivity index (χ0n) is 12.9. The molecule has 0 aliphatic carbocycles. The van der Waals surface area contributed by atoms with Crippen LogP contribution in [-0.2, 0) is 6.54 Å². The Labute approximate surface area is 138 Å². The van der Waals surface area contributed by atoms with Gasteiger partial charge in [0.05, 0.1) is 17.1 Å². The summed E-state index contributed by atoms with van der Waals surface area (Å²) >= 11 is 6.08. The van der Waals surface area contributed by atoms with Crippen molar-refractivity contribution < 1.29 is 4.79 Å². The van der Waals surface area contributed by atoms with E-state index in [-0.39, 0.29) is 5.91 Å². The average molecular weight is 333 g/mol. The number of carbonyl (C=O) groups excluding carboxylic acids is 1. The van der Waals surface area contributed by atoms with E-state index >= 15 is 0 Å². The number of carbonyl (C=O) groups is 1. The maximum atomic E-state index is 12.3. The molecule has 0 saturated carbocycles. The number of aromatic amines is 1. The highest BCUT2D eigenvalue weighted by atomic mass is 35.5. The van der Waals surface area contributed by atoms with E-state index in [2.05, 4.69) is 25.5 Å². The zero-order chi connectivity index (χ0) is 16.4. The quantitative estimate of drug-likeness (QED) is 0.751. The largest absolute Gasteiger partial charge is 0.308 e. The van der Waals surface area contributed by atoms with Crippen LogP contribution in [0.15, 0.2) is 30.5 Å². The van der Waals surface area contributed by atoms with Crippen LogP contribution in [0.2, 0.25) is 5.02 Å². The van der Waals surface area contributed by atoms with Crippen LogP contribution in [0.25, 0.3) is 10.9 Å². The number of benzene rings is 1. The van der Waals surface area contributed by atoms with Crippen LogP contribution in [0.5, 0.6) is 0 Å². The van der Waals surface area contributed by atoms with Crippen molar-refractivity contribution >= 4 is 34.2 Å². The number of hydrogen-bond donors (Lipinski definition) is 2. The van der Waals surface area contributed by atoms with Gasteiger partial charge in [-0.25, -0.2) is 0 Å². The van der Waals surface area contributed by atoms with Crippen molar-refractivity contribution in [2.75, 3.05) is 26.0 Å². The number of fused-ring (bicyclic) bond motifs is 1. The third kappa shape index (κ3) is 3.35. The summed E-state index contributed by atoms with van der Waals surface area (Å²) in [4.78, 5) is 14.4. The molecular weight excluding hydrogens is 316 g/mol. The third-order valence-corrected chi connectivity index (χ3v) is 3.74. The lowest BCUT2D eigenvalue weighted by Gasteiger charge is -2.08. The molecule has 0 spiro atoms. The van der Waals surface area contributed by atoms with Gasteiger partial charge in [-0.05, 0) is 32.3 Å². The highest BCUT2D eigenvalue weighted by molar-refractivity contribution is 6.35. The molecule has 2 aromatic heterocycles. The lowest BCUT2D eigenvalue weighted by Crippen LogP contribution is -2.19. The summed E-state index contributed by atoms with van der Waals surface area (Å²) in [6.45, 7) is 1.58. The van der Waals surface area contributed by atoms with Gasteiger partial charge in [0.2, 0.25) is 0 Å². The van der Waals surface area contributed by atoms with Gasteiger partial charge >= 0.3 is 0 Å². The molecule has 7 nitrogen and oxygen atoms in total. The number of para-hydroxylation sites is 1. The molecule has 3 aromatic rings. The highest BCUT2D eigenvalue weighted by Crippen LogP contribution is 2.26. The first-order valence-electron chi connectivity index (χ1n) is 7.17. The van der Waals surface area contributed by atoms with Crippen LogP contribution in [-0.4, -0.2) is 51.4 Å². The van der Waals surface area contributed by atoms with Crippen LogP contribution in [0, 0.1) is 0 Å². The molecule has 8 heteroatoms. The van der Waals surface area contributed by atoms with Gasteiger partial charge in [0.1, 0.15) is 0 Å². The molecule has 0 aliphatic heterocycles. The van der Waals surface area contributed by atoms with Gasteiger partial charge in [-0.3, -0.25) is 14.6 Å². The van der Waals surface area contributed by atoms with Gasteiger partial charge in [-0.1, -0.05) is 17.7 Å². The van der Waals surface area contributed by atoms with E-state index in [1.807, 2.05) is 26.2 Å². The smallest absolute Gasteiger partial charge is 0.277 e. The van der Waals surface area contributed by atoms with Crippen LogP contribution in [0.1, 0.15) is 10.5 Å². The minimum atomic E-state index is -0.304. The Morgan fingerprint density at radius 2 is 2.22 bits per heavy atom. The number of halogens is 1. The number of nitrogens with zero attached hydrogens (tertiary/aromatic N) is 4. The molecule has 2 heterocycles. The SMILES string of the molecule is CN(C)CCn1ccc(C(=O)Nc2n[nH]c3c(Cl)cccc23)n1. The topological polar surface area (TPSA) is 78.8 Å². The summed E-state index contributed by atoms with van der Waals surface area (Å²) in [5.74, 6) is 0.136. The maximum absolute atomic E-state index is 12.3. The molecule has 1 amide bonds. The fraction of sp³-hybridized carbons (Fsp3) is 0.267. The number of anilines is 1. The molecule has 23 heavy (non-hydrogen) atoms. The number of aromatic nitrogens is 4. The lowest BCUT2D eigenvalue weighted by atomic mass is 10.2. The summed E-state index contributed by atoms with van der Waals surface area (Å²) in [5, 5.41) is 15.3. The number of amides is 1. The zero-order valence-corrected chi connectivity index (χ0v) is 13.6. The van der Waals surface area contributed by atoms with Gasteiger partial charge in [0.25, 0.3) is 5.91 Å². The fourth-order valence-electron chi connectivity index (χ4n) is 2.18. The van der Waals surface area contributed by atoms with Gasteiger partial charge in [0, 0.05) is 18.1 Å². The maximum Gasteiger partial charge on any atom is 0.277 e. The monoisotopic (exact) mass is 332 g/mol. The minimum Gasteiger partial charge on any atom is -0.308 e. The van der Waals surface area contributed by atoms with Crippen molar-refractivity contribution in [3.63, 3.8) is 0 Å². The van der Waals surface area contributed by atoms with Crippen molar-refractivity contribution in [1.29, 1.82) is 0 Å². The van der Waals surface area contributed by atoms with E-state index in [1.165, 1.54) is 0 Å². The molecule has 0 radical (unpaired) electrons. The second-order valence-electron chi connectivity index (χ2n) is 5.46. The molecule has 0 bridgehead atoms. The van der Waals surface area contributed by atoms with Gasteiger partial charge < -0.3 is 10.2 Å². The lowest BCUT2D eigenvalue weighted by molar-refractivity contribution is 0.102. The van der Waals surface area contributed by atoms with E-state index in [0.29, 0.717) is 22.1 Å². The van der Waals surface area contributed by atoms with Gasteiger partial charge in [-0.2, -0.15) is 10.2 Å². The van der Waals surface area contributed by atoms with Crippen LogP contribution < -0.4 is 5.32 Å². The average Bonchev–Trinajstić information content (AvgIpc) is 3.13. The standard InChI is InChI=1S/C15H17ClN6O/c1-21(2)8-9-22-7-6-12(20-22)15(23)17-14-10-4-3-5-11(16)13(10)18-19-14/h3-7H,8-9H2,1-2H3,(H2,17,18,19,23). The first kappa shape index (κ1) is 15.5. The first-order chi connectivity index (χ1) is 11.0. The number of hydrogen-bond acceptors (Lipinski definition) is 4.